The monoisotopic (exact) mass is 453 g/mol. The Hall–Kier alpha value is -3.03. The zero-order valence-corrected chi connectivity index (χ0v) is 19.6. The molecule has 168 valence electrons. The second-order valence-corrected chi connectivity index (χ2v) is 9.10. The summed E-state index contributed by atoms with van der Waals surface area (Å²) in [6.07, 6.45) is 0. The first-order valence-electron chi connectivity index (χ1n) is 10.5. The maximum absolute atomic E-state index is 13.4. The number of carbonyl (C=O) groups is 2. The maximum Gasteiger partial charge on any atom is 0.261 e. The van der Waals surface area contributed by atoms with Crippen LogP contribution in [0.4, 0.5) is 9.39 Å². The van der Waals surface area contributed by atoms with Crippen molar-refractivity contribution in [2.75, 3.05) is 12.4 Å². The molecule has 0 spiro atoms. The minimum absolute atomic E-state index is 0.189. The molecule has 0 atom stereocenters. The third-order valence-corrected chi connectivity index (χ3v) is 6.46. The van der Waals surface area contributed by atoms with Crippen LogP contribution in [-0.2, 0) is 13.1 Å². The van der Waals surface area contributed by atoms with E-state index in [2.05, 4.69) is 42.5 Å². The fraction of sp³-hybridized carbons (Fsp3) is 0.280. The number of aryl methyl sites for hydroxylation is 1. The lowest BCUT2D eigenvalue weighted by Gasteiger charge is -2.22. The quantitative estimate of drug-likeness (QED) is 0.492. The Labute approximate surface area is 192 Å². The summed E-state index contributed by atoms with van der Waals surface area (Å²) >= 11 is 1.20. The highest BCUT2D eigenvalue weighted by Crippen LogP contribution is 2.27. The van der Waals surface area contributed by atoms with E-state index < -0.39 is 11.7 Å². The van der Waals surface area contributed by atoms with E-state index in [1.165, 1.54) is 35.1 Å². The summed E-state index contributed by atoms with van der Waals surface area (Å²) in [6, 6.07) is 15.7. The van der Waals surface area contributed by atoms with Gasteiger partial charge in [0.1, 0.15) is 5.82 Å². The molecule has 0 saturated carbocycles. The van der Waals surface area contributed by atoms with Crippen molar-refractivity contribution in [1.82, 2.24) is 10.2 Å². The first kappa shape index (κ1) is 23.6. The SMILES string of the molecule is Cc1cc(NC(=O)c2cccc(F)c2)sc1C(=O)NCc1ccccc1CN(C)C(C)C. The molecule has 1 aromatic heterocycles. The van der Waals surface area contributed by atoms with E-state index in [1.54, 1.807) is 12.1 Å². The van der Waals surface area contributed by atoms with Crippen molar-refractivity contribution >= 4 is 28.2 Å². The lowest BCUT2D eigenvalue weighted by atomic mass is 10.1. The number of halogens is 1. The number of hydrogen-bond acceptors (Lipinski definition) is 4. The molecule has 0 radical (unpaired) electrons. The number of hydrogen-bond donors (Lipinski definition) is 2. The number of thiophene rings is 1. The van der Waals surface area contributed by atoms with Crippen molar-refractivity contribution in [2.24, 2.45) is 0 Å². The average Bonchev–Trinajstić information content (AvgIpc) is 3.12. The third kappa shape index (κ3) is 6.02. The van der Waals surface area contributed by atoms with Gasteiger partial charge < -0.3 is 10.6 Å². The number of benzene rings is 2. The van der Waals surface area contributed by atoms with E-state index in [0.29, 0.717) is 22.5 Å². The fourth-order valence-corrected chi connectivity index (χ4v) is 4.16. The van der Waals surface area contributed by atoms with Gasteiger partial charge in [-0.2, -0.15) is 0 Å². The second-order valence-electron chi connectivity index (χ2n) is 8.05. The van der Waals surface area contributed by atoms with E-state index in [0.717, 1.165) is 17.7 Å². The van der Waals surface area contributed by atoms with Gasteiger partial charge in [-0.1, -0.05) is 30.3 Å². The number of nitrogens with zero attached hydrogens (tertiary/aromatic N) is 1. The van der Waals surface area contributed by atoms with E-state index in [9.17, 15) is 14.0 Å². The van der Waals surface area contributed by atoms with Crippen molar-refractivity contribution in [1.29, 1.82) is 0 Å². The van der Waals surface area contributed by atoms with Crippen LogP contribution in [-0.4, -0.2) is 29.8 Å². The molecular weight excluding hydrogens is 425 g/mol. The van der Waals surface area contributed by atoms with Crippen LogP contribution in [0.5, 0.6) is 0 Å². The first-order valence-corrected chi connectivity index (χ1v) is 11.3. The van der Waals surface area contributed by atoms with Gasteiger partial charge >= 0.3 is 0 Å². The van der Waals surface area contributed by atoms with Gasteiger partial charge in [-0.05, 0) is 68.8 Å². The molecular formula is C25H28FN3O2S. The number of amides is 2. The average molecular weight is 454 g/mol. The minimum Gasteiger partial charge on any atom is -0.347 e. The number of nitrogens with one attached hydrogen (secondary N) is 2. The molecule has 7 heteroatoms. The molecule has 2 N–H and O–H groups in total. The summed E-state index contributed by atoms with van der Waals surface area (Å²) in [5, 5.41) is 6.28. The first-order chi connectivity index (χ1) is 15.2. The molecule has 3 aromatic rings. The van der Waals surface area contributed by atoms with Gasteiger partial charge in [-0.3, -0.25) is 14.5 Å². The Kier molecular flexibility index (Phi) is 7.77. The summed E-state index contributed by atoms with van der Waals surface area (Å²) < 4.78 is 13.4. The highest BCUT2D eigenvalue weighted by molar-refractivity contribution is 7.18. The zero-order chi connectivity index (χ0) is 23.3. The summed E-state index contributed by atoms with van der Waals surface area (Å²) in [6.45, 7) is 7.35. The lowest BCUT2D eigenvalue weighted by Crippen LogP contribution is -2.27. The van der Waals surface area contributed by atoms with Crippen LogP contribution in [0.2, 0.25) is 0 Å². The molecule has 0 bridgehead atoms. The zero-order valence-electron chi connectivity index (χ0n) is 18.7. The molecule has 32 heavy (non-hydrogen) atoms. The molecule has 0 unspecified atom stereocenters. The fourth-order valence-electron chi connectivity index (χ4n) is 3.17. The van der Waals surface area contributed by atoms with Gasteiger partial charge in [0.25, 0.3) is 11.8 Å². The maximum atomic E-state index is 13.4. The van der Waals surface area contributed by atoms with Crippen LogP contribution in [0.15, 0.2) is 54.6 Å². The van der Waals surface area contributed by atoms with Gasteiger partial charge in [0.15, 0.2) is 0 Å². The van der Waals surface area contributed by atoms with E-state index in [1.807, 2.05) is 25.1 Å². The minimum atomic E-state index is -0.472. The highest BCUT2D eigenvalue weighted by atomic mass is 32.1. The topological polar surface area (TPSA) is 61.4 Å². The largest absolute Gasteiger partial charge is 0.347 e. The van der Waals surface area contributed by atoms with Gasteiger partial charge in [-0.15, -0.1) is 11.3 Å². The number of rotatable bonds is 8. The van der Waals surface area contributed by atoms with Crippen LogP contribution in [0.1, 0.15) is 50.6 Å². The molecule has 1 heterocycles. The molecule has 0 saturated heterocycles. The highest BCUT2D eigenvalue weighted by Gasteiger charge is 2.16. The smallest absolute Gasteiger partial charge is 0.261 e. The van der Waals surface area contributed by atoms with Crippen LogP contribution in [0.3, 0.4) is 0 Å². The van der Waals surface area contributed by atoms with Crippen molar-refractivity contribution < 1.29 is 14.0 Å². The summed E-state index contributed by atoms with van der Waals surface area (Å²) in [5.41, 5.74) is 3.25. The van der Waals surface area contributed by atoms with E-state index >= 15 is 0 Å². The molecule has 0 aliphatic carbocycles. The molecule has 0 fully saturated rings. The van der Waals surface area contributed by atoms with Gasteiger partial charge in [0.2, 0.25) is 0 Å². The Morgan fingerprint density at radius 1 is 1.03 bits per heavy atom. The van der Waals surface area contributed by atoms with E-state index in [-0.39, 0.29) is 11.5 Å². The standard InChI is InChI=1S/C25H28FN3O2S/c1-16(2)29(4)15-20-9-6-5-8-19(20)14-27-25(31)23-17(3)12-22(32-23)28-24(30)18-10-7-11-21(26)13-18/h5-13,16H,14-15H2,1-4H3,(H,27,31)(H,28,30). The Morgan fingerprint density at radius 2 is 1.75 bits per heavy atom. The third-order valence-electron chi connectivity index (χ3n) is 5.31. The van der Waals surface area contributed by atoms with E-state index in [4.69, 9.17) is 0 Å². The van der Waals surface area contributed by atoms with Gasteiger partial charge in [-0.25, -0.2) is 4.39 Å². The molecule has 2 aromatic carbocycles. The summed E-state index contributed by atoms with van der Waals surface area (Å²) in [4.78, 5) is 28.0. The van der Waals surface area contributed by atoms with Crippen molar-refractivity contribution in [3.63, 3.8) is 0 Å². The van der Waals surface area contributed by atoms with Crippen LogP contribution < -0.4 is 10.6 Å². The predicted molar refractivity (Wildman–Crippen MR) is 128 cm³/mol. The Morgan fingerprint density at radius 3 is 2.44 bits per heavy atom. The molecule has 5 nitrogen and oxygen atoms in total. The Bertz CT molecular complexity index is 1110. The van der Waals surface area contributed by atoms with Crippen LogP contribution >= 0.6 is 11.3 Å². The Balaban J connectivity index is 1.66. The van der Waals surface area contributed by atoms with Crippen molar-refractivity contribution in [2.45, 2.75) is 39.9 Å². The lowest BCUT2D eigenvalue weighted by molar-refractivity contribution is 0.0953. The number of anilines is 1. The van der Waals surface area contributed by atoms with Crippen molar-refractivity contribution in [3.05, 3.63) is 87.5 Å². The molecule has 0 aliphatic rings. The summed E-state index contributed by atoms with van der Waals surface area (Å²) in [5.74, 6) is -1.08. The second kappa shape index (κ2) is 10.5. The molecule has 0 aliphatic heterocycles. The normalized spacial score (nSPS) is 11.1. The van der Waals surface area contributed by atoms with Crippen molar-refractivity contribution in [3.8, 4) is 0 Å². The number of carbonyl (C=O) groups excluding carboxylic acids is 2. The van der Waals surface area contributed by atoms with Crippen LogP contribution in [0, 0.1) is 12.7 Å². The van der Waals surface area contributed by atoms with Gasteiger partial charge in [0, 0.05) is 24.7 Å². The summed E-state index contributed by atoms with van der Waals surface area (Å²) in [7, 11) is 2.08. The molecule has 3 rings (SSSR count). The van der Waals surface area contributed by atoms with Gasteiger partial charge in [0.05, 0.1) is 9.88 Å². The van der Waals surface area contributed by atoms with Crippen LogP contribution in [0.25, 0.3) is 0 Å². The molecule has 2 amide bonds. The predicted octanol–water partition coefficient (Wildman–Crippen LogP) is 5.22.